The number of benzene rings is 1. The predicted molar refractivity (Wildman–Crippen MR) is 105 cm³/mol. The molecule has 156 valence electrons. The first-order valence-electron chi connectivity index (χ1n) is 8.98. The number of nitrogens with one attached hydrogen (secondary N) is 1. The summed E-state index contributed by atoms with van der Waals surface area (Å²) < 4.78 is 40.1. The fourth-order valence-corrected chi connectivity index (χ4v) is 3.37. The molecular weight excluding hydrogens is 421 g/mol. The van der Waals surface area contributed by atoms with Crippen molar-refractivity contribution in [1.29, 1.82) is 0 Å². The molecule has 0 saturated carbocycles. The van der Waals surface area contributed by atoms with Gasteiger partial charge in [0.1, 0.15) is 11.5 Å². The van der Waals surface area contributed by atoms with E-state index in [-0.39, 0.29) is 23.4 Å². The molecule has 7 nitrogen and oxygen atoms in total. The van der Waals surface area contributed by atoms with Crippen LogP contribution in [0.4, 0.5) is 24.7 Å². The van der Waals surface area contributed by atoms with Gasteiger partial charge in [0.25, 0.3) is 0 Å². The average Bonchev–Trinajstić information content (AvgIpc) is 3.02. The van der Waals surface area contributed by atoms with Crippen molar-refractivity contribution in [1.82, 2.24) is 19.5 Å². The number of fused-ring (bicyclic) bond motifs is 1. The number of carbonyl (C=O) groups is 1. The highest BCUT2D eigenvalue weighted by molar-refractivity contribution is 6.28. The minimum absolute atomic E-state index is 0.0699. The monoisotopic (exact) mass is 436 g/mol. The van der Waals surface area contributed by atoms with Gasteiger partial charge in [-0.25, -0.2) is 9.97 Å². The van der Waals surface area contributed by atoms with E-state index in [9.17, 15) is 18.0 Å². The summed E-state index contributed by atoms with van der Waals surface area (Å²) in [5.41, 5.74) is 0.999. The fraction of sp³-hybridized carbons (Fsp3) is 0.263. The maximum atomic E-state index is 12.9. The molecule has 2 aromatic heterocycles. The second-order valence-electron chi connectivity index (χ2n) is 6.85. The van der Waals surface area contributed by atoms with Gasteiger partial charge in [0.15, 0.2) is 11.5 Å². The molecule has 0 unspecified atom stereocenters. The number of nitrogens with zero attached hydrogens (tertiary/aromatic N) is 5. The summed E-state index contributed by atoms with van der Waals surface area (Å²) >= 11 is 5.92. The maximum absolute atomic E-state index is 12.9. The minimum atomic E-state index is -4.50. The molecule has 0 fully saturated rings. The summed E-state index contributed by atoms with van der Waals surface area (Å²) in [5.74, 6) is 0.599. The van der Waals surface area contributed by atoms with E-state index in [4.69, 9.17) is 11.6 Å². The van der Waals surface area contributed by atoms with Crippen molar-refractivity contribution in [2.75, 3.05) is 16.8 Å². The maximum Gasteiger partial charge on any atom is 0.434 e. The standard InChI is InChI=1S/C19H16ClF3N6O/c1-28-10-14(19(21,22)23)26-16(28)12-4-2-11(3-5-12)9-29-7-6-15(30)25-13-8-24-18(20)27-17(13)29/h2-5,8,10H,6-7,9H2,1H3,(H,25,30). The minimum Gasteiger partial charge on any atom is -0.350 e. The lowest BCUT2D eigenvalue weighted by Gasteiger charge is -2.23. The first-order chi connectivity index (χ1) is 14.2. The van der Waals surface area contributed by atoms with Crippen molar-refractivity contribution in [2.24, 2.45) is 7.05 Å². The predicted octanol–water partition coefficient (Wildman–Crippen LogP) is 3.90. The summed E-state index contributed by atoms with van der Waals surface area (Å²) in [6.07, 6.45) is -1.79. The third-order valence-electron chi connectivity index (χ3n) is 4.67. The van der Waals surface area contributed by atoms with E-state index in [1.54, 1.807) is 24.3 Å². The number of amides is 1. The van der Waals surface area contributed by atoms with E-state index in [1.165, 1.54) is 17.8 Å². The van der Waals surface area contributed by atoms with Gasteiger partial charge in [0, 0.05) is 38.3 Å². The highest BCUT2D eigenvalue weighted by atomic mass is 35.5. The molecule has 3 aromatic rings. The Kier molecular flexibility index (Phi) is 5.10. The van der Waals surface area contributed by atoms with Gasteiger partial charge in [-0.1, -0.05) is 24.3 Å². The summed E-state index contributed by atoms with van der Waals surface area (Å²) in [4.78, 5) is 25.7. The number of rotatable bonds is 3. The average molecular weight is 437 g/mol. The number of hydrogen-bond acceptors (Lipinski definition) is 5. The van der Waals surface area contributed by atoms with E-state index in [0.29, 0.717) is 30.2 Å². The van der Waals surface area contributed by atoms with Crippen LogP contribution in [-0.4, -0.2) is 32.0 Å². The number of aromatic nitrogens is 4. The normalized spacial score (nSPS) is 14.3. The van der Waals surface area contributed by atoms with Crippen LogP contribution in [0.5, 0.6) is 0 Å². The lowest BCUT2D eigenvalue weighted by Crippen LogP contribution is -2.25. The molecular formula is C19H16ClF3N6O. The van der Waals surface area contributed by atoms with Crippen molar-refractivity contribution in [3.05, 3.63) is 53.2 Å². The number of hydrogen-bond donors (Lipinski definition) is 1. The van der Waals surface area contributed by atoms with Gasteiger partial charge in [0.05, 0.1) is 6.20 Å². The Morgan fingerprint density at radius 2 is 1.93 bits per heavy atom. The second-order valence-corrected chi connectivity index (χ2v) is 7.19. The topological polar surface area (TPSA) is 75.9 Å². The van der Waals surface area contributed by atoms with Crippen LogP contribution in [0, 0.1) is 0 Å². The van der Waals surface area contributed by atoms with Gasteiger partial charge in [-0.3, -0.25) is 4.79 Å². The molecule has 11 heteroatoms. The quantitative estimate of drug-likeness (QED) is 0.630. The Labute approximate surface area is 174 Å². The van der Waals surface area contributed by atoms with E-state index in [2.05, 4.69) is 20.3 Å². The molecule has 0 bridgehead atoms. The van der Waals surface area contributed by atoms with Crippen LogP contribution in [-0.2, 0) is 24.6 Å². The van der Waals surface area contributed by atoms with Gasteiger partial charge >= 0.3 is 6.18 Å². The zero-order valence-electron chi connectivity index (χ0n) is 15.7. The highest BCUT2D eigenvalue weighted by Crippen LogP contribution is 2.31. The van der Waals surface area contributed by atoms with Gasteiger partial charge in [0.2, 0.25) is 11.2 Å². The number of anilines is 2. The Morgan fingerprint density at radius 1 is 1.20 bits per heavy atom. The van der Waals surface area contributed by atoms with Crippen molar-refractivity contribution < 1.29 is 18.0 Å². The molecule has 1 aliphatic heterocycles. The molecule has 1 aliphatic rings. The van der Waals surface area contributed by atoms with E-state index >= 15 is 0 Å². The van der Waals surface area contributed by atoms with Crippen LogP contribution < -0.4 is 10.2 Å². The van der Waals surface area contributed by atoms with Crippen LogP contribution in [0.15, 0.2) is 36.7 Å². The number of alkyl halides is 3. The van der Waals surface area contributed by atoms with Crippen molar-refractivity contribution >= 4 is 29.0 Å². The lowest BCUT2D eigenvalue weighted by molar-refractivity contribution is -0.140. The Balaban J connectivity index is 1.58. The van der Waals surface area contributed by atoms with Crippen LogP contribution in [0.3, 0.4) is 0 Å². The molecule has 0 saturated heterocycles. The molecule has 30 heavy (non-hydrogen) atoms. The van der Waals surface area contributed by atoms with Gasteiger partial charge in [-0.15, -0.1) is 0 Å². The summed E-state index contributed by atoms with van der Waals surface area (Å²) in [5, 5.41) is 2.82. The summed E-state index contributed by atoms with van der Waals surface area (Å²) in [6, 6.07) is 7.04. The number of imidazole rings is 1. The lowest BCUT2D eigenvalue weighted by atomic mass is 10.1. The zero-order valence-corrected chi connectivity index (χ0v) is 16.5. The molecule has 0 aliphatic carbocycles. The third kappa shape index (κ3) is 4.09. The summed E-state index contributed by atoms with van der Waals surface area (Å²) in [7, 11) is 1.52. The highest BCUT2D eigenvalue weighted by Gasteiger charge is 2.34. The number of aryl methyl sites for hydroxylation is 1. The van der Waals surface area contributed by atoms with E-state index in [0.717, 1.165) is 11.8 Å². The van der Waals surface area contributed by atoms with Crippen LogP contribution in [0.1, 0.15) is 17.7 Å². The van der Waals surface area contributed by atoms with Crippen LogP contribution >= 0.6 is 11.6 Å². The first-order valence-corrected chi connectivity index (χ1v) is 9.36. The van der Waals surface area contributed by atoms with Crippen molar-refractivity contribution in [3.8, 4) is 11.4 Å². The van der Waals surface area contributed by atoms with Crippen LogP contribution in [0.2, 0.25) is 5.28 Å². The molecule has 3 heterocycles. The molecule has 1 N–H and O–H groups in total. The van der Waals surface area contributed by atoms with Gasteiger partial charge in [-0.2, -0.15) is 18.2 Å². The van der Waals surface area contributed by atoms with Crippen molar-refractivity contribution in [3.63, 3.8) is 0 Å². The SMILES string of the molecule is Cn1cc(C(F)(F)F)nc1-c1ccc(CN2CCC(=O)Nc3cnc(Cl)nc32)cc1. The number of halogens is 4. The second kappa shape index (κ2) is 7.60. The van der Waals surface area contributed by atoms with Gasteiger partial charge < -0.3 is 14.8 Å². The largest absolute Gasteiger partial charge is 0.434 e. The number of carbonyl (C=O) groups excluding carboxylic acids is 1. The molecule has 0 spiro atoms. The molecule has 4 rings (SSSR count). The van der Waals surface area contributed by atoms with Crippen molar-refractivity contribution in [2.45, 2.75) is 19.1 Å². The molecule has 0 radical (unpaired) electrons. The first kappa shape index (κ1) is 20.1. The Hall–Kier alpha value is -3.14. The Morgan fingerprint density at radius 3 is 2.60 bits per heavy atom. The fourth-order valence-electron chi connectivity index (χ4n) is 3.24. The van der Waals surface area contributed by atoms with E-state index < -0.39 is 11.9 Å². The molecule has 1 aromatic carbocycles. The van der Waals surface area contributed by atoms with E-state index in [1.807, 2.05) is 4.90 Å². The van der Waals surface area contributed by atoms with Crippen LogP contribution in [0.25, 0.3) is 11.4 Å². The zero-order chi connectivity index (χ0) is 21.5. The summed E-state index contributed by atoms with van der Waals surface area (Å²) in [6.45, 7) is 0.867. The third-order valence-corrected chi connectivity index (χ3v) is 4.86. The smallest absolute Gasteiger partial charge is 0.350 e. The Bertz CT molecular complexity index is 1100. The molecule has 0 atom stereocenters. The molecule has 1 amide bonds. The van der Waals surface area contributed by atoms with Gasteiger partial charge in [-0.05, 0) is 17.2 Å².